The van der Waals surface area contributed by atoms with Gasteiger partial charge < -0.3 is 5.32 Å². The molecule has 18 heavy (non-hydrogen) atoms. The van der Waals surface area contributed by atoms with Gasteiger partial charge in [-0.3, -0.25) is 4.98 Å². The van der Waals surface area contributed by atoms with Crippen molar-refractivity contribution in [3.05, 3.63) is 63.9 Å². The Labute approximate surface area is 117 Å². The van der Waals surface area contributed by atoms with Gasteiger partial charge in [-0.25, -0.2) is 0 Å². The summed E-state index contributed by atoms with van der Waals surface area (Å²) in [4.78, 5) is 4.11. The van der Waals surface area contributed by atoms with Crippen molar-refractivity contribution in [3.63, 3.8) is 0 Å². The molecule has 0 unspecified atom stereocenters. The molecule has 1 heterocycles. The van der Waals surface area contributed by atoms with E-state index in [0.29, 0.717) is 10.0 Å². The van der Waals surface area contributed by atoms with Crippen LogP contribution in [-0.2, 0) is 6.54 Å². The van der Waals surface area contributed by atoms with Gasteiger partial charge in [0, 0.05) is 25.0 Å². The van der Waals surface area contributed by atoms with E-state index in [2.05, 4.69) is 23.3 Å². The number of rotatable bonds is 4. The zero-order valence-corrected chi connectivity index (χ0v) is 11.5. The first-order valence-electron chi connectivity index (χ1n) is 5.74. The molecule has 0 bridgehead atoms. The quantitative estimate of drug-likeness (QED) is 0.906. The third-order valence-electron chi connectivity index (χ3n) is 2.78. The minimum absolute atomic E-state index is 0.244. The molecular weight excluding hydrogens is 267 g/mol. The molecule has 4 heteroatoms. The van der Waals surface area contributed by atoms with Gasteiger partial charge in [0.1, 0.15) is 0 Å². The molecule has 0 radical (unpaired) electrons. The second kappa shape index (κ2) is 6.19. The van der Waals surface area contributed by atoms with Crippen molar-refractivity contribution in [3.8, 4) is 0 Å². The van der Waals surface area contributed by atoms with Crippen LogP contribution in [-0.4, -0.2) is 4.98 Å². The fraction of sp³-hybridized carbons (Fsp3) is 0.214. The van der Waals surface area contributed by atoms with Crippen LogP contribution in [0.5, 0.6) is 0 Å². The average molecular weight is 281 g/mol. The lowest BCUT2D eigenvalue weighted by Crippen LogP contribution is -2.18. The minimum atomic E-state index is 0.244. The standard InChI is InChI=1S/C14H14Cl2N2/c1-10(12-3-2-6-17-9-12)18-8-11-4-5-13(15)14(16)7-11/h2-7,9-10,18H,8H2,1H3/t10-/m1/s1. The van der Waals surface area contributed by atoms with E-state index < -0.39 is 0 Å². The summed E-state index contributed by atoms with van der Waals surface area (Å²) >= 11 is 11.9. The molecule has 1 N–H and O–H groups in total. The summed E-state index contributed by atoms with van der Waals surface area (Å²) in [6.45, 7) is 2.85. The summed E-state index contributed by atoms with van der Waals surface area (Å²) in [5, 5.41) is 4.59. The van der Waals surface area contributed by atoms with Gasteiger partial charge in [-0.2, -0.15) is 0 Å². The Bertz CT molecular complexity index is 514. The summed E-state index contributed by atoms with van der Waals surface area (Å²) in [5.74, 6) is 0. The molecule has 1 aromatic carbocycles. The second-order valence-electron chi connectivity index (χ2n) is 4.14. The monoisotopic (exact) mass is 280 g/mol. The molecule has 0 spiro atoms. The number of benzene rings is 1. The van der Waals surface area contributed by atoms with Crippen molar-refractivity contribution >= 4 is 23.2 Å². The van der Waals surface area contributed by atoms with E-state index in [9.17, 15) is 0 Å². The third-order valence-corrected chi connectivity index (χ3v) is 3.52. The van der Waals surface area contributed by atoms with Gasteiger partial charge in [0.05, 0.1) is 10.0 Å². The summed E-state index contributed by atoms with van der Waals surface area (Å²) in [5.41, 5.74) is 2.28. The normalized spacial score (nSPS) is 12.4. The molecule has 0 aliphatic heterocycles. The summed E-state index contributed by atoms with van der Waals surface area (Å²) in [6.07, 6.45) is 3.64. The lowest BCUT2D eigenvalue weighted by molar-refractivity contribution is 0.573. The van der Waals surface area contributed by atoms with Crippen LogP contribution < -0.4 is 5.32 Å². The SMILES string of the molecule is C[C@@H](NCc1ccc(Cl)c(Cl)c1)c1cccnc1. The molecule has 94 valence electrons. The van der Waals surface area contributed by atoms with Gasteiger partial charge in [0.2, 0.25) is 0 Å². The maximum atomic E-state index is 5.98. The van der Waals surface area contributed by atoms with E-state index in [1.807, 2.05) is 30.5 Å². The lowest BCUT2D eigenvalue weighted by Gasteiger charge is -2.14. The van der Waals surface area contributed by atoms with Crippen molar-refractivity contribution in [2.45, 2.75) is 19.5 Å². The fourth-order valence-electron chi connectivity index (χ4n) is 1.67. The van der Waals surface area contributed by atoms with Gasteiger partial charge in [-0.1, -0.05) is 35.3 Å². The Morgan fingerprint density at radius 2 is 2.06 bits per heavy atom. The highest BCUT2D eigenvalue weighted by Crippen LogP contribution is 2.22. The molecule has 0 aliphatic carbocycles. The number of nitrogens with one attached hydrogen (secondary N) is 1. The summed E-state index contributed by atoms with van der Waals surface area (Å²) < 4.78 is 0. The number of aromatic nitrogens is 1. The maximum absolute atomic E-state index is 5.98. The van der Waals surface area contributed by atoms with Crippen molar-refractivity contribution in [2.24, 2.45) is 0 Å². The number of hydrogen-bond donors (Lipinski definition) is 1. The number of nitrogens with zero attached hydrogens (tertiary/aromatic N) is 1. The number of pyridine rings is 1. The number of hydrogen-bond acceptors (Lipinski definition) is 2. The molecule has 0 saturated carbocycles. The van der Waals surface area contributed by atoms with Crippen LogP contribution >= 0.6 is 23.2 Å². The van der Waals surface area contributed by atoms with Gasteiger partial charge in [-0.05, 0) is 36.2 Å². The highest BCUT2D eigenvalue weighted by atomic mass is 35.5. The zero-order chi connectivity index (χ0) is 13.0. The van der Waals surface area contributed by atoms with E-state index in [4.69, 9.17) is 23.2 Å². The smallest absolute Gasteiger partial charge is 0.0595 e. The minimum Gasteiger partial charge on any atom is -0.306 e. The third kappa shape index (κ3) is 3.45. The summed E-state index contributed by atoms with van der Waals surface area (Å²) in [7, 11) is 0. The molecule has 1 atom stereocenters. The molecule has 0 amide bonds. The van der Waals surface area contributed by atoms with E-state index in [-0.39, 0.29) is 6.04 Å². The number of halogens is 2. The van der Waals surface area contributed by atoms with E-state index in [1.165, 1.54) is 0 Å². The Morgan fingerprint density at radius 1 is 1.22 bits per heavy atom. The van der Waals surface area contributed by atoms with Crippen molar-refractivity contribution in [2.75, 3.05) is 0 Å². The van der Waals surface area contributed by atoms with Crippen LogP contribution in [0, 0.1) is 0 Å². The molecule has 2 aromatic rings. The van der Waals surface area contributed by atoms with Crippen LogP contribution in [0.1, 0.15) is 24.1 Å². The predicted molar refractivity (Wildman–Crippen MR) is 76.0 cm³/mol. The first-order valence-corrected chi connectivity index (χ1v) is 6.49. The topological polar surface area (TPSA) is 24.9 Å². The van der Waals surface area contributed by atoms with Gasteiger partial charge in [0.15, 0.2) is 0 Å². The second-order valence-corrected chi connectivity index (χ2v) is 4.95. The van der Waals surface area contributed by atoms with E-state index in [1.54, 1.807) is 6.20 Å². The van der Waals surface area contributed by atoms with Crippen LogP contribution in [0.2, 0.25) is 10.0 Å². The first-order chi connectivity index (χ1) is 8.66. The lowest BCUT2D eigenvalue weighted by atomic mass is 10.1. The Kier molecular flexibility index (Phi) is 4.59. The van der Waals surface area contributed by atoms with E-state index in [0.717, 1.165) is 17.7 Å². The predicted octanol–water partition coefficient (Wildman–Crippen LogP) is 4.24. The highest BCUT2D eigenvalue weighted by molar-refractivity contribution is 6.42. The first kappa shape index (κ1) is 13.3. The largest absolute Gasteiger partial charge is 0.306 e. The molecule has 0 fully saturated rings. The van der Waals surface area contributed by atoms with Crippen LogP contribution in [0.15, 0.2) is 42.7 Å². The van der Waals surface area contributed by atoms with Crippen molar-refractivity contribution in [1.82, 2.24) is 10.3 Å². The van der Waals surface area contributed by atoms with Crippen LogP contribution in [0.3, 0.4) is 0 Å². The molecule has 2 rings (SSSR count). The molecular formula is C14H14Cl2N2. The highest BCUT2D eigenvalue weighted by Gasteiger charge is 2.05. The maximum Gasteiger partial charge on any atom is 0.0595 e. The fourth-order valence-corrected chi connectivity index (χ4v) is 1.99. The molecule has 0 aliphatic rings. The van der Waals surface area contributed by atoms with Gasteiger partial charge in [0.25, 0.3) is 0 Å². The average Bonchev–Trinajstić information content (AvgIpc) is 2.41. The zero-order valence-electron chi connectivity index (χ0n) is 10.0. The van der Waals surface area contributed by atoms with Gasteiger partial charge in [-0.15, -0.1) is 0 Å². The van der Waals surface area contributed by atoms with Crippen molar-refractivity contribution in [1.29, 1.82) is 0 Å². The molecule has 2 nitrogen and oxygen atoms in total. The Balaban J connectivity index is 1.97. The Hall–Kier alpha value is -1.09. The molecule has 0 saturated heterocycles. The van der Waals surface area contributed by atoms with Crippen LogP contribution in [0.25, 0.3) is 0 Å². The van der Waals surface area contributed by atoms with E-state index >= 15 is 0 Å². The van der Waals surface area contributed by atoms with Gasteiger partial charge >= 0.3 is 0 Å². The molecule has 1 aromatic heterocycles. The van der Waals surface area contributed by atoms with Crippen molar-refractivity contribution < 1.29 is 0 Å². The Morgan fingerprint density at radius 3 is 2.72 bits per heavy atom. The summed E-state index contributed by atoms with van der Waals surface area (Å²) in [6, 6.07) is 9.90. The van der Waals surface area contributed by atoms with Crippen LogP contribution in [0.4, 0.5) is 0 Å².